The van der Waals surface area contributed by atoms with Gasteiger partial charge in [0.15, 0.2) is 0 Å². The van der Waals surface area contributed by atoms with Gasteiger partial charge < -0.3 is 5.32 Å². The summed E-state index contributed by atoms with van der Waals surface area (Å²) in [4.78, 5) is 3.89. The molecule has 5 heteroatoms. The summed E-state index contributed by atoms with van der Waals surface area (Å²) in [5.41, 5.74) is -0.0412. The average Bonchev–Trinajstić information content (AvgIpc) is 2.29. The molecule has 1 aromatic heterocycles. The highest BCUT2D eigenvalue weighted by Gasteiger charge is 2.30. The van der Waals surface area contributed by atoms with Gasteiger partial charge in [0.1, 0.15) is 0 Å². The molecule has 2 nitrogen and oxygen atoms in total. The van der Waals surface area contributed by atoms with Gasteiger partial charge in [0.25, 0.3) is 0 Å². The van der Waals surface area contributed by atoms with Crippen molar-refractivity contribution in [2.24, 2.45) is 0 Å². The number of halogens is 3. The molecule has 1 rings (SSSR count). The molecule has 0 spiro atoms. The van der Waals surface area contributed by atoms with Gasteiger partial charge in [-0.2, -0.15) is 13.2 Å². The number of nitrogens with one attached hydrogen (secondary N) is 1. The molecular formula is C12H17F3N2. The van der Waals surface area contributed by atoms with Crippen LogP contribution in [0.1, 0.15) is 43.5 Å². The minimum Gasteiger partial charge on any atom is -0.312 e. The summed E-state index contributed by atoms with van der Waals surface area (Å²) < 4.78 is 37.0. The zero-order valence-corrected chi connectivity index (χ0v) is 10.0. The predicted octanol–water partition coefficient (Wildman–Crippen LogP) is 3.55. The Morgan fingerprint density at radius 3 is 2.47 bits per heavy atom. The SMILES string of the molecule is CCCCC(NC)c1ccc(C(F)(F)F)cn1. The Bertz CT molecular complexity index is 333. The van der Waals surface area contributed by atoms with Crippen LogP contribution in [0.4, 0.5) is 13.2 Å². The molecule has 1 atom stereocenters. The lowest BCUT2D eigenvalue weighted by Gasteiger charge is -2.15. The first-order valence-corrected chi connectivity index (χ1v) is 5.69. The minimum atomic E-state index is -4.32. The van der Waals surface area contributed by atoms with Gasteiger partial charge in [0, 0.05) is 12.2 Å². The maximum Gasteiger partial charge on any atom is 0.417 e. The molecule has 1 N–H and O–H groups in total. The highest BCUT2D eigenvalue weighted by atomic mass is 19.4. The van der Waals surface area contributed by atoms with E-state index in [2.05, 4.69) is 17.2 Å². The van der Waals surface area contributed by atoms with Crippen molar-refractivity contribution in [1.82, 2.24) is 10.3 Å². The predicted molar refractivity (Wildman–Crippen MR) is 60.6 cm³/mol. The Labute approximate surface area is 99.3 Å². The van der Waals surface area contributed by atoms with E-state index in [1.54, 1.807) is 7.05 Å². The average molecular weight is 246 g/mol. The molecule has 0 aliphatic heterocycles. The van der Waals surface area contributed by atoms with Crippen LogP contribution in [-0.4, -0.2) is 12.0 Å². The zero-order chi connectivity index (χ0) is 12.9. The molecule has 17 heavy (non-hydrogen) atoms. The van der Waals surface area contributed by atoms with Gasteiger partial charge in [0.2, 0.25) is 0 Å². The summed E-state index contributed by atoms with van der Waals surface area (Å²) in [6.07, 6.45) is -0.464. The molecule has 1 unspecified atom stereocenters. The van der Waals surface area contributed by atoms with Crippen LogP contribution < -0.4 is 5.32 Å². The number of pyridine rings is 1. The smallest absolute Gasteiger partial charge is 0.312 e. The van der Waals surface area contributed by atoms with Gasteiger partial charge in [0.05, 0.1) is 11.3 Å². The lowest BCUT2D eigenvalue weighted by Crippen LogP contribution is -2.18. The standard InChI is InChI=1S/C12H17F3N2/c1-3-4-5-10(16-2)11-7-6-9(8-17-11)12(13,14)15/h6-8,10,16H,3-5H2,1-2H3. The monoisotopic (exact) mass is 246 g/mol. The van der Waals surface area contributed by atoms with Crippen LogP contribution in [0.3, 0.4) is 0 Å². The fourth-order valence-corrected chi connectivity index (χ4v) is 1.63. The number of aromatic nitrogens is 1. The van der Waals surface area contributed by atoms with Crippen molar-refractivity contribution in [1.29, 1.82) is 0 Å². The molecule has 0 amide bonds. The third-order valence-electron chi connectivity index (χ3n) is 2.67. The third-order valence-corrected chi connectivity index (χ3v) is 2.67. The summed E-state index contributed by atoms with van der Waals surface area (Å²) in [5.74, 6) is 0. The first-order valence-electron chi connectivity index (χ1n) is 5.69. The second-order valence-corrected chi connectivity index (χ2v) is 3.95. The number of hydrogen-bond donors (Lipinski definition) is 1. The Morgan fingerprint density at radius 2 is 2.06 bits per heavy atom. The zero-order valence-electron chi connectivity index (χ0n) is 10.0. The van der Waals surface area contributed by atoms with Crippen LogP contribution in [0.2, 0.25) is 0 Å². The van der Waals surface area contributed by atoms with Gasteiger partial charge in [-0.15, -0.1) is 0 Å². The summed E-state index contributed by atoms with van der Waals surface area (Å²) in [6, 6.07) is 2.55. The second kappa shape index (κ2) is 6.00. The van der Waals surface area contributed by atoms with E-state index in [9.17, 15) is 13.2 Å². The number of unbranched alkanes of at least 4 members (excludes halogenated alkanes) is 1. The first kappa shape index (κ1) is 14.0. The molecule has 0 radical (unpaired) electrons. The highest BCUT2D eigenvalue weighted by Crippen LogP contribution is 2.29. The van der Waals surface area contributed by atoms with E-state index in [-0.39, 0.29) is 6.04 Å². The molecule has 1 aromatic rings. The highest BCUT2D eigenvalue weighted by molar-refractivity contribution is 5.18. The van der Waals surface area contributed by atoms with Crippen molar-refractivity contribution >= 4 is 0 Å². The van der Waals surface area contributed by atoms with Crippen molar-refractivity contribution in [3.05, 3.63) is 29.6 Å². The number of nitrogens with zero attached hydrogens (tertiary/aromatic N) is 1. The van der Waals surface area contributed by atoms with E-state index >= 15 is 0 Å². The molecular weight excluding hydrogens is 229 g/mol. The van der Waals surface area contributed by atoms with Crippen LogP contribution in [0, 0.1) is 0 Å². The van der Waals surface area contributed by atoms with Crippen LogP contribution in [0.25, 0.3) is 0 Å². The quantitative estimate of drug-likeness (QED) is 0.859. The Hall–Kier alpha value is -1.10. The summed E-state index contributed by atoms with van der Waals surface area (Å²) in [6.45, 7) is 2.08. The number of hydrogen-bond acceptors (Lipinski definition) is 2. The van der Waals surface area contributed by atoms with Gasteiger partial charge in [-0.3, -0.25) is 4.98 Å². The van der Waals surface area contributed by atoms with Gasteiger partial charge in [-0.25, -0.2) is 0 Å². The fourth-order valence-electron chi connectivity index (χ4n) is 1.63. The van der Waals surface area contributed by atoms with Gasteiger partial charge in [-0.05, 0) is 25.6 Å². The third kappa shape index (κ3) is 4.00. The van der Waals surface area contributed by atoms with E-state index in [1.165, 1.54) is 6.07 Å². The molecule has 0 saturated heterocycles. The van der Waals surface area contributed by atoms with E-state index < -0.39 is 11.7 Å². The number of alkyl halides is 3. The van der Waals surface area contributed by atoms with Crippen molar-refractivity contribution in [3.63, 3.8) is 0 Å². The maximum absolute atomic E-state index is 12.3. The lowest BCUT2D eigenvalue weighted by atomic mass is 10.1. The molecule has 0 fully saturated rings. The summed E-state index contributed by atoms with van der Waals surface area (Å²) in [5, 5.41) is 3.07. The Kier molecular flexibility index (Phi) is 4.93. The molecule has 96 valence electrons. The molecule has 0 bridgehead atoms. The number of rotatable bonds is 5. The van der Waals surface area contributed by atoms with Gasteiger partial charge >= 0.3 is 6.18 Å². The fraction of sp³-hybridized carbons (Fsp3) is 0.583. The molecule has 0 aromatic carbocycles. The topological polar surface area (TPSA) is 24.9 Å². The van der Waals surface area contributed by atoms with E-state index in [4.69, 9.17) is 0 Å². The first-order chi connectivity index (χ1) is 7.99. The largest absolute Gasteiger partial charge is 0.417 e. The maximum atomic E-state index is 12.3. The lowest BCUT2D eigenvalue weighted by molar-refractivity contribution is -0.137. The van der Waals surface area contributed by atoms with Crippen molar-refractivity contribution in [3.8, 4) is 0 Å². The summed E-state index contributed by atoms with van der Waals surface area (Å²) >= 11 is 0. The summed E-state index contributed by atoms with van der Waals surface area (Å²) in [7, 11) is 1.79. The minimum absolute atomic E-state index is 0.0252. The molecule has 0 aliphatic rings. The van der Waals surface area contributed by atoms with Gasteiger partial charge in [-0.1, -0.05) is 19.8 Å². The Balaban J connectivity index is 2.78. The van der Waals surface area contributed by atoms with Crippen molar-refractivity contribution in [2.45, 2.75) is 38.4 Å². The molecule has 1 heterocycles. The normalized spacial score (nSPS) is 13.7. The molecule has 0 aliphatic carbocycles. The second-order valence-electron chi connectivity index (χ2n) is 3.95. The van der Waals surface area contributed by atoms with Crippen molar-refractivity contribution in [2.75, 3.05) is 7.05 Å². The Morgan fingerprint density at radius 1 is 1.35 bits per heavy atom. The van der Waals surface area contributed by atoms with E-state index in [0.717, 1.165) is 31.5 Å². The van der Waals surface area contributed by atoms with E-state index in [1.807, 2.05) is 0 Å². The van der Waals surface area contributed by atoms with Crippen LogP contribution >= 0.6 is 0 Å². The van der Waals surface area contributed by atoms with Crippen LogP contribution in [0.5, 0.6) is 0 Å². The van der Waals surface area contributed by atoms with Crippen LogP contribution in [-0.2, 0) is 6.18 Å². The van der Waals surface area contributed by atoms with E-state index in [0.29, 0.717) is 5.69 Å². The molecule has 0 saturated carbocycles. The van der Waals surface area contributed by atoms with Crippen LogP contribution in [0.15, 0.2) is 18.3 Å². The van der Waals surface area contributed by atoms with Crippen molar-refractivity contribution < 1.29 is 13.2 Å².